The van der Waals surface area contributed by atoms with Gasteiger partial charge in [0.1, 0.15) is 0 Å². The molecule has 0 heterocycles. The van der Waals surface area contributed by atoms with Gasteiger partial charge in [0, 0.05) is 12.1 Å². The van der Waals surface area contributed by atoms with Crippen LogP contribution in [0.5, 0.6) is 17.2 Å². The van der Waals surface area contributed by atoms with Gasteiger partial charge in [0.2, 0.25) is 10.0 Å². The second kappa shape index (κ2) is 9.05. The largest absolute Gasteiger partial charge is 0.494 e. The maximum atomic E-state index is 13.9. The molecule has 8 heteroatoms. The summed E-state index contributed by atoms with van der Waals surface area (Å²) in [7, 11) is -2.48. The Kier molecular flexibility index (Phi) is 7.04. The maximum absolute atomic E-state index is 13.9. The Balaban J connectivity index is 2.27. The van der Waals surface area contributed by atoms with Gasteiger partial charge in [-0.2, -0.15) is 0 Å². The second-order valence-corrected chi connectivity index (χ2v) is 7.43. The van der Waals surface area contributed by atoms with Crippen LogP contribution in [0.3, 0.4) is 0 Å². The van der Waals surface area contributed by atoms with E-state index in [2.05, 4.69) is 4.72 Å². The molecule has 0 aliphatic heterocycles. The van der Waals surface area contributed by atoms with Crippen LogP contribution < -0.4 is 18.9 Å². The molecule has 0 saturated heterocycles. The van der Waals surface area contributed by atoms with Crippen LogP contribution in [0.15, 0.2) is 41.3 Å². The molecule has 1 unspecified atom stereocenters. The summed E-state index contributed by atoms with van der Waals surface area (Å²) < 4.78 is 57.7. The Bertz CT molecular complexity index is 886. The van der Waals surface area contributed by atoms with Crippen LogP contribution in [0.25, 0.3) is 0 Å². The normalized spacial score (nSPS) is 12.5. The zero-order valence-corrected chi connectivity index (χ0v) is 16.6. The second-order valence-electron chi connectivity index (χ2n) is 5.71. The van der Waals surface area contributed by atoms with Crippen molar-refractivity contribution in [2.24, 2.45) is 0 Å². The molecule has 0 aromatic heterocycles. The fraction of sp³-hybridized carbons (Fsp3) is 0.368. The first kappa shape index (κ1) is 21.0. The van der Waals surface area contributed by atoms with Crippen molar-refractivity contribution < 1.29 is 27.0 Å². The number of rotatable bonds is 9. The molecule has 0 amide bonds. The summed E-state index contributed by atoms with van der Waals surface area (Å²) in [6.45, 7) is 6.08. The Morgan fingerprint density at radius 1 is 1.00 bits per heavy atom. The van der Waals surface area contributed by atoms with Gasteiger partial charge in [-0.05, 0) is 50.6 Å². The first-order valence-electron chi connectivity index (χ1n) is 8.57. The van der Waals surface area contributed by atoms with Crippen molar-refractivity contribution in [3.05, 3.63) is 47.8 Å². The van der Waals surface area contributed by atoms with Gasteiger partial charge in [-0.25, -0.2) is 17.5 Å². The molecule has 27 heavy (non-hydrogen) atoms. The van der Waals surface area contributed by atoms with Crippen LogP contribution in [0.2, 0.25) is 0 Å². The van der Waals surface area contributed by atoms with Gasteiger partial charge in [0.15, 0.2) is 23.1 Å². The van der Waals surface area contributed by atoms with E-state index < -0.39 is 21.9 Å². The van der Waals surface area contributed by atoms with E-state index in [-0.39, 0.29) is 10.6 Å². The molecule has 2 aromatic rings. The van der Waals surface area contributed by atoms with Gasteiger partial charge < -0.3 is 14.2 Å². The van der Waals surface area contributed by atoms with E-state index in [0.29, 0.717) is 30.3 Å². The van der Waals surface area contributed by atoms with E-state index in [1.54, 1.807) is 26.0 Å². The molecule has 148 valence electrons. The topological polar surface area (TPSA) is 73.9 Å². The van der Waals surface area contributed by atoms with Gasteiger partial charge in [-0.15, -0.1) is 0 Å². The van der Waals surface area contributed by atoms with E-state index in [9.17, 15) is 12.8 Å². The predicted octanol–water partition coefficient (Wildman–Crippen LogP) is 3.67. The summed E-state index contributed by atoms with van der Waals surface area (Å²) in [6, 6.07) is 8.09. The average molecular weight is 397 g/mol. The van der Waals surface area contributed by atoms with Crippen LogP contribution in [-0.4, -0.2) is 28.7 Å². The highest BCUT2D eigenvalue weighted by molar-refractivity contribution is 7.89. The third kappa shape index (κ3) is 5.11. The number of hydrogen-bond acceptors (Lipinski definition) is 5. The molecule has 0 saturated carbocycles. The van der Waals surface area contributed by atoms with Crippen molar-refractivity contribution in [1.29, 1.82) is 0 Å². The van der Waals surface area contributed by atoms with E-state index in [1.165, 1.54) is 31.4 Å². The zero-order valence-electron chi connectivity index (χ0n) is 15.8. The molecule has 0 aliphatic rings. The first-order valence-corrected chi connectivity index (χ1v) is 10.1. The molecule has 0 bridgehead atoms. The van der Waals surface area contributed by atoms with Crippen LogP contribution in [0, 0.1) is 5.82 Å². The van der Waals surface area contributed by atoms with Crippen molar-refractivity contribution in [3.8, 4) is 17.2 Å². The van der Waals surface area contributed by atoms with Crippen molar-refractivity contribution in [2.75, 3.05) is 20.3 Å². The van der Waals surface area contributed by atoms with Gasteiger partial charge in [-0.3, -0.25) is 0 Å². The number of hydrogen-bond donors (Lipinski definition) is 1. The highest BCUT2D eigenvalue weighted by Gasteiger charge is 2.21. The summed E-state index contributed by atoms with van der Waals surface area (Å²) >= 11 is 0. The van der Waals surface area contributed by atoms with Crippen LogP contribution >= 0.6 is 0 Å². The Morgan fingerprint density at radius 2 is 1.63 bits per heavy atom. The minimum Gasteiger partial charge on any atom is -0.494 e. The molecule has 1 N–H and O–H groups in total. The maximum Gasteiger partial charge on any atom is 0.241 e. The highest BCUT2D eigenvalue weighted by Crippen LogP contribution is 2.31. The quantitative estimate of drug-likeness (QED) is 0.699. The lowest BCUT2D eigenvalue weighted by Gasteiger charge is -2.17. The van der Waals surface area contributed by atoms with Crippen molar-refractivity contribution in [3.63, 3.8) is 0 Å². The van der Waals surface area contributed by atoms with E-state index in [1.807, 2.05) is 6.92 Å². The molecule has 0 spiro atoms. The lowest BCUT2D eigenvalue weighted by atomic mass is 10.1. The van der Waals surface area contributed by atoms with Gasteiger partial charge in [-0.1, -0.05) is 6.07 Å². The number of benzene rings is 2. The van der Waals surface area contributed by atoms with Crippen LogP contribution in [0.4, 0.5) is 4.39 Å². The first-order chi connectivity index (χ1) is 12.8. The number of methoxy groups -OCH3 is 1. The van der Waals surface area contributed by atoms with E-state index >= 15 is 0 Å². The van der Waals surface area contributed by atoms with Crippen LogP contribution in [-0.2, 0) is 10.0 Å². The van der Waals surface area contributed by atoms with Gasteiger partial charge in [0.05, 0.1) is 25.2 Å². The third-order valence-corrected chi connectivity index (χ3v) is 5.37. The minimum atomic E-state index is -3.85. The number of nitrogens with one attached hydrogen (secondary N) is 1. The number of sulfonamides is 1. The molecule has 0 aliphatic carbocycles. The fourth-order valence-corrected chi connectivity index (χ4v) is 3.77. The zero-order chi connectivity index (χ0) is 20.0. The lowest BCUT2D eigenvalue weighted by Crippen LogP contribution is -2.27. The predicted molar refractivity (Wildman–Crippen MR) is 100 cm³/mol. The summed E-state index contributed by atoms with van der Waals surface area (Å²) in [4.78, 5) is 0.0373. The molecule has 0 fully saturated rings. The van der Waals surface area contributed by atoms with Crippen molar-refractivity contribution in [1.82, 2.24) is 4.72 Å². The Morgan fingerprint density at radius 3 is 2.22 bits per heavy atom. The summed E-state index contributed by atoms with van der Waals surface area (Å²) in [5.74, 6) is 0.372. The highest BCUT2D eigenvalue weighted by atomic mass is 32.2. The molecule has 1 atom stereocenters. The standard InChI is InChI=1S/C19H24FNO5S/c1-5-25-18-10-8-15(12-19(18)26-6-2)27(22,23)21-13(3)14-7-9-17(24-4)16(20)11-14/h7-13,21H,5-6H2,1-4H3. The molecule has 6 nitrogen and oxygen atoms in total. The summed E-state index contributed by atoms with van der Waals surface area (Å²) in [6.07, 6.45) is 0. The SMILES string of the molecule is CCOc1ccc(S(=O)(=O)NC(C)c2ccc(OC)c(F)c2)cc1OCC. The smallest absolute Gasteiger partial charge is 0.241 e. The number of halogens is 1. The number of ether oxygens (including phenoxy) is 3. The molecule has 0 radical (unpaired) electrons. The molecular formula is C19H24FNO5S. The van der Waals surface area contributed by atoms with Gasteiger partial charge >= 0.3 is 0 Å². The average Bonchev–Trinajstić information content (AvgIpc) is 2.63. The van der Waals surface area contributed by atoms with Gasteiger partial charge in [0.25, 0.3) is 0 Å². The van der Waals surface area contributed by atoms with E-state index in [4.69, 9.17) is 14.2 Å². The Labute approximate surface area is 159 Å². The molecular weight excluding hydrogens is 373 g/mol. The lowest BCUT2D eigenvalue weighted by molar-refractivity contribution is 0.287. The van der Waals surface area contributed by atoms with Crippen molar-refractivity contribution >= 4 is 10.0 Å². The monoisotopic (exact) mass is 397 g/mol. The minimum absolute atomic E-state index is 0.0373. The van der Waals surface area contributed by atoms with Crippen molar-refractivity contribution in [2.45, 2.75) is 31.7 Å². The molecule has 2 rings (SSSR count). The van der Waals surface area contributed by atoms with Crippen LogP contribution in [0.1, 0.15) is 32.4 Å². The van der Waals surface area contributed by atoms with E-state index in [0.717, 1.165) is 0 Å². The molecule has 2 aromatic carbocycles. The Hall–Kier alpha value is -2.32. The summed E-state index contributed by atoms with van der Waals surface area (Å²) in [5.41, 5.74) is 0.479. The third-order valence-electron chi connectivity index (χ3n) is 3.83. The fourth-order valence-electron chi connectivity index (χ4n) is 2.52. The summed E-state index contributed by atoms with van der Waals surface area (Å²) in [5, 5.41) is 0.